The van der Waals surface area contributed by atoms with Gasteiger partial charge in [0.05, 0.1) is 6.20 Å². The zero-order chi connectivity index (χ0) is 8.55. The van der Waals surface area contributed by atoms with Gasteiger partial charge < -0.3 is 5.73 Å². The Bertz CT molecular complexity index is 266. The molecule has 1 aliphatic carbocycles. The Morgan fingerprint density at radius 2 is 2.50 bits per heavy atom. The standard InChI is InChI=1S/C9H15N3/c1-2-3-12-6-7(5-11-12)8-4-9(8)10/h5-6,8-9H,2-4,10H2,1H3/t8-,9-/m1/s1. The molecule has 0 bridgehead atoms. The van der Waals surface area contributed by atoms with Crippen LogP contribution in [-0.4, -0.2) is 15.8 Å². The predicted octanol–water partition coefficient (Wildman–Crippen LogP) is 1.11. The quantitative estimate of drug-likeness (QED) is 0.729. The van der Waals surface area contributed by atoms with E-state index in [-0.39, 0.29) is 0 Å². The second kappa shape index (κ2) is 2.90. The Labute approximate surface area is 72.6 Å². The Morgan fingerprint density at radius 1 is 1.75 bits per heavy atom. The summed E-state index contributed by atoms with van der Waals surface area (Å²) < 4.78 is 2.00. The molecule has 0 radical (unpaired) electrons. The average Bonchev–Trinajstić information content (AvgIpc) is 2.62. The molecule has 12 heavy (non-hydrogen) atoms. The summed E-state index contributed by atoms with van der Waals surface area (Å²) in [5.41, 5.74) is 7.06. The van der Waals surface area contributed by atoms with Crippen LogP contribution in [0.5, 0.6) is 0 Å². The molecule has 0 aliphatic heterocycles. The van der Waals surface area contributed by atoms with Gasteiger partial charge in [0.15, 0.2) is 0 Å². The number of rotatable bonds is 3. The number of aromatic nitrogens is 2. The van der Waals surface area contributed by atoms with E-state index in [1.54, 1.807) is 0 Å². The summed E-state index contributed by atoms with van der Waals surface area (Å²) >= 11 is 0. The van der Waals surface area contributed by atoms with Crippen molar-refractivity contribution in [2.75, 3.05) is 0 Å². The molecule has 1 aromatic heterocycles. The lowest BCUT2D eigenvalue weighted by Gasteiger charge is -1.94. The van der Waals surface area contributed by atoms with Gasteiger partial charge in [-0.3, -0.25) is 4.68 Å². The fraction of sp³-hybridized carbons (Fsp3) is 0.667. The first-order chi connectivity index (χ1) is 5.81. The Kier molecular flexibility index (Phi) is 1.89. The lowest BCUT2D eigenvalue weighted by atomic mass is 10.2. The zero-order valence-electron chi connectivity index (χ0n) is 7.40. The Morgan fingerprint density at radius 3 is 3.08 bits per heavy atom. The van der Waals surface area contributed by atoms with Crippen LogP contribution in [0.4, 0.5) is 0 Å². The number of aryl methyl sites for hydroxylation is 1. The van der Waals surface area contributed by atoms with Crippen LogP contribution in [0.1, 0.15) is 31.2 Å². The largest absolute Gasteiger partial charge is 0.327 e. The minimum Gasteiger partial charge on any atom is -0.327 e. The third-order valence-electron chi connectivity index (χ3n) is 2.37. The van der Waals surface area contributed by atoms with E-state index in [4.69, 9.17) is 5.73 Å². The van der Waals surface area contributed by atoms with Crippen molar-refractivity contribution in [1.29, 1.82) is 0 Å². The molecule has 3 nitrogen and oxygen atoms in total. The fourth-order valence-electron chi connectivity index (χ4n) is 1.52. The summed E-state index contributed by atoms with van der Waals surface area (Å²) in [6.45, 7) is 3.17. The fourth-order valence-corrected chi connectivity index (χ4v) is 1.52. The molecule has 0 aromatic carbocycles. The summed E-state index contributed by atoms with van der Waals surface area (Å²) in [6.07, 6.45) is 6.35. The van der Waals surface area contributed by atoms with E-state index < -0.39 is 0 Å². The molecular formula is C9H15N3. The highest BCUT2D eigenvalue weighted by molar-refractivity contribution is 5.22. The first-order valence-electron chi connectivity index (χ1n) is 4.59. The van der Waals surface area contributed by atoms with Crippen LogP contribution >= 0.6 is 0 Å². The van der Waals surface area contributed by atoms with Gasteiger partial charge in [-0.2, -0.15) is 5.10 Å². The number of hydrogen-bond acceptors (Lipinski definition) is 2. The summed E-state index contributed by atoms with van der Waals surface area (Å²) in [7, 11) is 0. The maximum atomic E-state index is 5.74. The van der Waals surface area contributed by atoms with E-state index in [1.807, 2.05) is 10.9 Å². The van der Waals surface area contributed by atoms with E-state index >= 15 is 0 Å². The van der Waals surface area contributed by atoms with Gasteiger partial charge in [-0.25, -0.2) is 0 Å². The summed E-state index contributed by atoms with van der Waals surface area (Å²) in [5.74, 6) is 0.593. The molecule has 0 spiro atoms. The Hall–Kier alpha value is -0.830. The first-order valence-corrected chi connectivity index (χ1v) is 4.59. The van der Waals surface area contributed by atoms with E-state index in [1.165, 1.54) is 5.56 Å². The van der Waals surface area contributed by atoms with Crippen molar-refractivity contribution < 1.29 is 0 Å². The molecule has 0 saturated heterocycles. The maximum absolute atomic E-state index is 5.74. The van der Waals surface area contributed by atoms with Gasteiger partial charge in [0.1, 0.15) is 0 Å². The minimum atomic E-state index is 0.393. The molecule has 1 aromatic rings. The van der Waals surface area contributed by atoms with E-state index in [9.17, 15) is 0 Å². The molecule has 2 N–H and O–H groups in total. The summed E-state index contributed by atoms with van der Waals surface area (Å²) in [6, 6.07) is 0.393. The highest BCUT2D eigenvalue weighted by Gasteiger charge is 2.35. The average molecular weight is 165 g/mol. The van der Waals surface area contributed by atoms with Crippen molar-refractivity contribution in [3.8, 4) is 0 Å². The van der Waals surface area contributed by atoms with Crippen molar-refractivity contribution in [2.24, 2.45) is 5.73 Å². The number of nitrogens with two attached hydrogens (primary N) is 1. The molecule has 2 atom stereocenters. The topological polar surface area (TPSA) is 43.8 Å². The molecular weight excluding hydrogens is 150 g/mol. The van der Waals surface area contributed by atoms with Crippen LogP contribution in [-0.2, 0) is 6.54 Å². The molecule has 1 fully saturated rings. The third kappa shape index (κ3) is 1.37. The monoisotopic (exact) mass is 165 g/mol. The maximum Gasteiger partial charge on any atom is 0.0525 e. The van der Waals surface area contributed by atoms with Crippen molar-refractivity contribution in [1.82, 2.24) is 9.78 Å². The Balaban J connectivity index is 2.04. The molecule has 66 valence electrons. The van der Waals surface area contributed by atoms with Gasteiger partial charge in [-0.1, -0.05) is 6.92 Å². The molecule has 1 saturated carbocycles. The van der Waals surface area contributed by atoms with Gasteiger partial charge in [0.2, 0.25) is 0 Å². The second-order valence-electron chi connectivity index (χ2n) is 3.54. The van der Waals surface area contributed by atoms with Crippen LogP contribution in [0, 0.1) is 0 Å². The van der Waals surface area contributed by atoms with Crippen LogP contribution in [0.25, 0.3) is 0 Å². The van der Waals surface area contributed by atoms with Gasteiger partial charge in [-0.05, 0) is 18.4 Å². The van der Waals surface area contributed by atoms with E-state index in [0.29, 0.717) is 12.0 Å². The van der Waals surface area contributed by atoms with Crippen LogP contribution < -0.4 is 5.73 Å². The van der Waals surface area contributed by atoms with E-state index in [2.05, 4.69) is 18.2 Å². The lowest BCUT2D eigenvalue weighted by molar-refractivity contribution is 0.602. The van der Waals surface area contributed by atoms with E-state index in [0.717, 1.165) is 19.4 Å². The van der Waals surface area contributed by atoms with Crippen LogP contribution in [0.3, 0.4) is 0 Å². The van der Waals surface area contributed by atoms with Gasteiger partial charge in [-0.15, -0.1) is 0 Å². The first kappa shape index (κ1) is 7.80. The van der Waals surface area contributed by atoms with Crippen molar-refractivity contribution >= 4 is 0 Å². The van der Waals surface area contributed by atoms with Gasteiger partial charge in [0.25, 0.3) is 0 Å². The molecule has 0 unspecified atom stereocenters. The van der Waals surface area contributed by atoms with Crippen molar-refractivity contribution in [3.63, 3.8) is 0 Å². The van der Waals surface area contributed by atoms with Gasteiger partial charge in [0, 0.05) is 24.7 Å². The van der Waals surface area contributed by atoms with Crippen LogP contribution in [0.2, 0.25) is 0 Å². The van der Waals surface area contributed by atoms with Crippen molar-refractivity contribution in [3.05, 3.63) is 18.0 Å². The highest BCUT2D eigenvalue weighted by Crippen LogP contribution is 2.38. The molecule has 1 aliphatic rings. The summed E-state index contributed by atoms with van der Waals surface area (Å²) in [4.78, 5) is 0. The minimum absolute atomic E-state index is 0.393. The second-order valence-corrected chi connectivity index (χ2v) is 3.54. The molecule has 2 rings (SSSR count). The number of hydrogen-bond donors (Lipinski definition) is 1. The highest BCUT2D eigenvalue weighted by atomic mass is 15.3. The molecule has 0 amide bonds. The third-order valence-corrected chi connectivity index (χ3v) is 2.37. The van der Waals surface area contributed by atoms with Gasteiger partial charge >= 0.3 is 0 Å². The van der Waals surface area contributed by atoms with Crippen LogP contribution in [0.15, 0.2) is 12.4 Å². The normalized spacial score (nSPS) is 27.5. The van der Waals surface area contributed by atoms with Crippen molar-refractivity contribution in [2.45, 2.75) is 38.3 Å². The SMILES string of the molecule is CCCn1cc([C@H]2C[C@H]2N)cn1. The zero-order valence-corrected chi connectivity index (χ0v) is 7.40. The smallest absolute Gasteiger partial charge is 0.0525 e. The molecule has 1 heterocycles. The number of nitrogens with zero attached hydrogens (tertiary/aromatic N) is 2. The lowest BCUT2D eigenvalue weighted by Crippen LogP contribution is -2.00. The summed E-state index contributed by atoms with van der Waals surface area (Å²) in [5, 5.41) is 4.26. The molecule has 3 heteroatoms. The predicted molar refractivity (Wildman–Crippen MR) is 47.9 cm³/mol.